The van der Waals surface area contributed by atoms with Crippen molar-refractivity contribution in [1.29, 1.82) is 0 Å². The van der Waals surface area contributed by atoms with Gasteiger partial charge in [-0.15, -0.1) is 0 Å². The van der Waals surface area contributed by atoms with Gasteiger partial charge in [0.2, 0.25) is 0 Å². The first-order valence-electron chi connectivity index (χ1n) is 9.37. The zero-order valence-corrected chi connectivity index (χ0v) is 17.1. The number of rotatable bonds is 5. The van der Waals surface area contributed by atoms with Gasteiger partial charge in [0.15, 0.2) is 15.5 Å². The minimum Gasteiger partial charge on any atom is -0.321 e. The van der Waals surface area contributed by atoms with Gasteiger partial charge in [-0.05, 0) is 42.0 Å². The summed E-state index contributed by atoms with van der Waals surface area (Å²) in [6.07, 6.45) is 0.543. The molecule has 1 aromatic heterocycles. The molecule has 27 heavy (non-hydrogen) atoms. The number of nitrogens with one attached hydrogen (secondary N) is 1. The molecule has 1 aromatic carbocycles. The monoisotopic (exact) mass is 389 g/mol. The molecule has 1 amide bonds. The first kappa shape index (κ1) is 19.6. The summed E-state index contributed by atoms with van der Waals surface area (Å²) < 4.78 is 25.4. The lowest BCUT2D eigenvalue weighted by atomic mass is 10.0. The van der Waals surface area contributed by atoms with Gasteiger partial charge in [-0.2, -0.15) is 5.10 Å². The van der Waals surface area contributed by atoms with Crippen LogP contribution in [0.25, 0.3) is 0 Å². The fourth-order valence-electron chi connectivity index (χ4n) is 3.36. The highest BCUT2D eigenvalue weighted by Crippen LogP contribution is 2.28. The van der Waals surface area contributed by atoms with Gasteiger partial charge in [-0.3, -0.25) is 9.48 Å². The molecule has 3 rings (SSSR count). The lowest BCUT2D eigenvalue weighted by Crippen LogP contribution is -2.17. The number of benzene rings is 1. The van der Waals surface area contributed by atoms with Gasteiger partial charge in [0.1, 0.15) is 0 Å². The molecule has 1 aliphatic heterocycles. The Kier molecular flexibility index (Phi) is 5.42. The van der Waals surface area contributed by atoms with E-state index >= 15 is 0 Å². The predicted octanol–water partition coefficient (Wildman–Crippen LogP) is 3.74. The molecule has 1 saturated heterocycles. The Morgan fingerprint density at radius 1 is 1.15 bits per heavy atom. The van der Waals surface area contributed by atoms with Gasteiger partial charge in [-0.25, -0.2) is 8.42 Å². The molecule has 0 saturated carbocycles. The molecule has 7 heteroatoms. The van der Waals surface area contributed by atoms with Gasteiger partial charge in [0, 0.05) is 11.4 Å². The summed E-state index contributed by atoms with van der Waals surface area (Å²) in [6, 6.07) is 9.35. The number of hydrogen-bond acceptors (Lipinski definition) is 4. The molecular formula is C20H27N3O3S. The van der Waals surface area contributed by atoms with Crippen LogP contribution in [0.4, 0.5) is 5.69 Å². The van der Waals surface area contributed by atoms with Crippen LogP contribution in [0.2, 0.25) is 0 Å². The first-order chi connectivity index (χ1) is 12.7. The molecule has 0 bridgehead atoms. The summed E-state index contributed by atoms with van der Waals surface area (Å²) in [7, 11) is -3.02. The molecule has 0 radical (unpaired) electrons. The number of anilines is 1. The second-order valence-corrected chi connectivity index (χ2v) is 10.1. The van der Waals surface area contributed by atoms with Crippen molar-refractivity contribution in [2.75, 3.05) is 16.8 Å². The molecule has 2 aromatic rings. The van der Waals surface area contributed by atoms with Gasteiger partial charge in [0.05, 0.1) is 17.5 Å². The lowest BCUT2D eigenvalue weighted by Gasteiger charge is -2.15. The van der Waals surface area contributed by atoms with Crippen molar-refractivity contribution < 1.29 is 13.2 Å². The number of carbonyl (C=O) groups is 1. The first-order valence-corrected chi connectivity index (χ1v) is 11.2. The molecule has 1 fully saturated rings. The van der Waals surface area contributed by atoms with E-state index in [2.05, 4.69) is 24.3 Å². The predicted molar refractivity (Wildman–Crippen MR) is 107 cm³/mol. The third-order valence-electron chi connectivity index (χ3n) is 4.98. The van der Waals surface area contributed by atoms with E-state index in [1.54, 1.807) is 10.7 Å². The molecule has 0 aliphatic carbocycles. The Labute approximate surface area is 160 Å². The fraction of sp³-hybridized carbons (Fsp3) is 0.500. The average molecular weight is 390 g/mol. The number of amides is 1. The van der Waals surface area contributed by atoms with Gasteiger partial charge < -0.3 is 5.32 Å². The highest BCUT2D eigenvalue weighted by atomic mass is 32.2. The molecule has 2 heterocycles. The van der Waals surface area contributed by atoms with Crippen molar-refractivity contribution >= 4 is 21.4 Å². The van der Waals surface area contributed by atoms with E-state index in [0.29, 0.717) is 23.7 Å². The highest BCUT2D eigenvalue weighted by Gasteiger charge is 2.32. The summed E-state index contributed by atoms with van der Waals surface area (Å²) >= 11 is 0. The molecule has 146 valence electrons. The maximum atomic E-state index is 12.7. The van der Waals surface area contributed by atoms with Crippen molar-refractivity contribution in [2.45, 2.75) is 52.0 Å². The Balaban J connectivity index is 1.81. The summed E-state index contributed by atoms with van der Waals surface area (Å²) in [5, 5.41) is 7.34. The maximum absolute atomic E-state index is 12.7. The number of carbonyl (C=O) groups excluding carboxylic acids is 1. The minimum absolute atomic E-state index is 0.0894. The molecule has 0 spiro atoms. The second kappa shape index (κ2) is 7.46. The second-order valence-electron chi connectivity index (χ2n) is 7.84. The van der Waals surface area contributed by atoms with Crippen LogP contribution in [0.1, 0.15) is 73.7 Å². The van der Waals surface area contributed by atoms with E-state index in [1.165, 1.54) is 5.56 Å². The van der Waals surface area contributed by atoms with E-state index in [0.717, 1.165) is 5.69 Å². The van der Waals surface area contributed by atoms with Gasteiger partial charge >= 0.3 is 0 Å². The largest absolute Gasteiger partial charge is 0.321 e. The van der Waals surface area contributed by atoms with Crippen molar-refractivity contribution in [1.82, 2.24) is 9.78 Å². The third-order valence-corrected chi connectivity index (χ3v) is 6.73. The summed E-state index contributed by atoms with van der Waals surface area (Å²) in [5.41, 5.74) is 3.13. The maximum Gasteiger partial charge on any atom is 0.276 e. The van der Waals surface area contributed by atoms with Crippen LogP contribution in [0, 0.1) is 0 Å². The molecule has 1 N–H and O–H groups in total. The number of nitrogens with zero attached hydrogens (tertiary/aromatic N) is 2. The topological polar surface area (TPSA) is 81.1 Å². The third kappa shape index (κ3) is 4.40. The van der Waals surface area contributed by atoms with Crippen LogP contribution in [0.15, 0.2) is 30.3 Å². The van der Waals surface area contributed by atoms with Crippen LogP contribution < -0.4 is 5.32 Å². The quantitative estimate of drug-likeness (QED) is 0.845. The molecular weight excluding hydrogens is 362 g/mol. The number of hydrogen-bond donors (Lipinski definition) is 1. The standard InChI is InChI=1S/C20H27N3O3S/c1-13(2)15-5-7-16(8-6-15)21-20(24)18-11-19(14(3)4)23(22-18)17-9-10-27(25,26)12-17/h5-8,11,13-14,17H,9-10,12H2,1-4H3,(H,21,24). The Hall–Kier alpha value is -2.15. The lowest BCUT2D eigenvalue weighted by molar-refractivity contribution is 0.102. The van der Waals surface area contributed by atoms with E-state index in [-0.39, 0.29) is 29.4 Å². The molecule has 6 nitrogen and oxygen atoms in total. The zero-order valence-electron chi connectivity index (χ0n) is 16.3. The summed E-state index contributed by atoms with van der Waals surface area (Å²) in [6.45, 7) is 8.28. The molecule has 1 atom stereocenters. The minimum atomic E-state index is -3.02. The molecule has 1 aliphatic rings. The van der Waals surface area contributed by atoms with Crippen LogP contribution in [-0.4, -0.2) is 35.6 Å². The SMILES string of the molecule is CC(C)c1ccc(NC(=O)c2cc(C(C)C)n(C3CCS(=O)(=O)C3)n2)cc1. The summed E-state index contributed by atoms with van der Waals surface area (Å²) in [5.74, 6) is 0.563. The van der Waals surface area contributed by atoms with Crippen molar-refractivity contribution in [3.05, 3.63) is 47.3 Å². The van der Waals surface area contributed by atoms with E-state index in [1.807, 2.05) is 38.1 Å². The van der Waals surface area contributed by atoms with Crippen molar-refractivity contribution in [3.8, 4) is 0 Å². The van der Waals surface area contributed by atoms with Crippen LogP contribution in [-0.2, 0) is 9.84 Å². The normalized spacial score (nSPS) is 19.0. The summed E-state index contributed by atoms with van der Waals surface area (Å²) in [4.78, 5) is 12.7. The van der Waals surface area contributed by atoms with E-state index < -0.39 is 9.84 Å². The highest BCUT2D eigenvalue weighted by molar-refractivity contribution is 7.91. The van der Waals surface area contributed by atoms with Crippen molar-refractivity contribution in [2.24, 2.45) is 0 Å². The van der Waals surface area contributed by atoms with Crippen molar-refractivity contribution in [3.63, 3.8) is 0 Å². The van der Waals surface area contributed by atoms with Gasteiger partial charge in [0.25, 0.3) is 5.91 Å². The zero-order chi connectivity index (χ0) is 19.8. The Morgan fingerprint density at radius 3 is 2.33 bits per heavy atom. The Morgan fingerprint density at radius 2 is 1.81 bits per heavy atom. The average Bonchev–Trinajstić information content (AvgIpc) is 3.18. The Bertz CT molecular complexity index is 928. The van der Waals surface area contributed by atoms with Gasteiger partial charge in [-0.1, -0.05) is 39.8 Å². The van der Waals surface area contributed by atoms with Crippen LogP contribution in [0.3, 0.4) is 0 Å². The number of aromatic nitrogens is 2. The van der Waals surface area contributed by atoms with Crippen LogP contribution >= 0.6 is 0 Å². The fourth-order valence-corrected chi connectivity index (χ4v) is 5.05. The van der Waals surface area contributed by atoms with E-state index in [4.69, 9.17) is 0 Å². The number of sulfone groups is 1. The molecule has 1 unspecified atom stereocenters. The van der Waals surface area contributed by atoms with Crippen LogP contribution in [0.5, 0.6) is 0 Å². The van der Waals surface area contributed by atoms with E-state index in [9.17, 15) is 13.2 Å². The smallest absolute Gasteiger partial charge is 0.276 e.